The van der Waals surface area contributed by atoms with Crippen LogP contribution in [0.2, 0.25) is 0 Å². The van der Waals surface area contributed by atoms with Crippen LogP contribution in [0.1, 0.15) is 6.92 Å². The summed E-state index contributed by atoms with van der Waals surface area (Å²) in [7, 11) is -1.76. The van der Waals surface area contributed by atoms with E-state index >= 15 is 0 Å². The van der Waals surface area contributed by atoms with Gasteiger partial charge in [-0.25, -0.2) is 13.6 Å². The van der Waals surface area contributed by atoms with Gasteiger partial charge in [-0.2, -0.15) is 5.10 Å². The molecule has 2 rings (SSSR count). The first-order valence-corrected chi connectivity index (χ1v) is 9.34. The Morgan fingerprint density at radius 1 is 1.46 bits per heavy atom. The van der Waals surface area contributed by atoms with Gasteiger partial charge in [-0.1, -0.05) is 0 Å². The zero-order chi connectivity index (χ0) is 17.7. The number of primary sulfonamides is 1. The third kappa shape index (κ3) is 4.93. The SMILES string of the molecule is CCNC(=NCCS(N)(=O)=O)N1CCN(c2cnn(C)c2)C(=O)C1. The lowest BCUT2D eigenvalue weighted by molar-refractivity contribution is -0.120. The number of nitrogens with zero attached hydrogens (tertiary/aromatic N) is 5. The largest absolute Gasteiger partial charge is 0.357 e. The fourth-order valence-electron chi connectivity index (χ4n) is 2.38. The topological polar surface area (TPSA) is 126 Å². The molecule has 24 heavy (non-hydrogen) atoms. The Morgan fingerprint density at radius 2 is 2.21 bits per heavy atom. The van der Waals surface area contributed by atoms with E-state index in [1.807, 2.05) is 11.8 Å². The molecule has 0 spiro atoms. The number of aliphatic imine (C=N–C) groups is 1. The highest BCUT2D eigenvalue weighted by molar-refractivity contribution is 7.89. The third-order valence-corrected chi connectivity index (χ3v) is 4.25. The van der Waals surface area contributed by atoms with E-state index in [1.165, 1.54) is 0 Å². The number of hydrogen-bond donors (Lipinski definition) is 2. The Hall–Kier alpha value is -2.14. The molecule has 1 aromatic rings. The second kappa shape index (κ2) is 7.62. The molecule has 0 aromatic carbocycles. The molecule has 1 amide bonds. The summed E-state index contributed by atoms with van der Waals surface area (Å²) in [4.78, 5) is 20.1. The molecular formula is C13H23N7O3S. The van der Waals surface area contributed by atoms with Crippen molar-refractivity contribution >= 4 is 27.6 Å². The average Bonchev–Trinajstić information content (AvgIpc) is 2.91. The van der Waals surface area contributed by atoms with Crippen molar-refractivity contribution in [2.24, 2.45) is 17.2 Å². The molecule has 0 saturated carbocycles. The third-order valence-electron chi connectivity index (χ3n) is 3.50. The van der Waals surface area contributed by atoms with Gasteiger partial charge in [0.25, 0.3) is 0 Å². The number of piperazine rings is 1. The van der Waals surface area contributed by atoms with Crippen LogP contribution in [0.15, 0.2) is 17.4 Å². The molecule has 0 bridgehead atoms. The number of nitrogens with one attached hydrogen (secondary N) is 1. The standard InChI is InChI=1S/C13H23N7O3S/c1-3-15-13(16-4-7-24(14,22)23)19-5-6-20(12(21)10-19)11-8-17-18(2)9-11/h8-9H,3-7,10H2,1-2H3,(H,15,16)(H2,14,22,23). The maximum absolute atomic E-state index is 12.4. The molecule has 1 aliphatic heterocycles. The number of amides is 1. The summed E-state index contributed by atoms with van der Waals surface area (Å²) >= 11 is 0. The minimum Gasteiger partial charge on any atom is -0.357 e. The second-order valence-corrected chi connectivity index (χ2v) is 7.18. The molecule has 0 radical (unpaired) electrons. The van der Waals surface area contributed by atoms with Gasteiger partial charge in [-0.05, 0) is 6.92 Å². The van der Waals surface area contributed by atoms with Crippen molar-refractivity contribution in [3.8, 4) is 0 Å². The van der Waals surface area contributed by atoms with Crippen molar-refractivity contribution < 1.29 is 13.2 Å². The Kier molecular flexibility index (Phi) is 5.78. The van der Waals surface area contributed by atoms with E-state index in [1.54, 1.807) is 29.0 Å². The van der Waals surface area contributed by atoms with Crippen LogP contribution in [-0.2, 0) is 21.9 Å². The van der Waals surface area contributed by atoms with E-state index in [0.29, 0.717) is 25.6 Å². The zero-order valence-corrected chi connectivity index (χ0v) is 14.7. The van der Waals surface area contributed by atoms with Crippen LogP contribution >= 0.6 is 0 Å². The summed E-state index contributed by atoms with van der Waals surface area (Å²) < 4.78 is 23.7. The highest BCUT2D eigenvalue weighted by Gasteiger charge is 2.27. The van der Waals surface area contributed by atoms with Gasteiger partial charge in [-0.3, -0.25) is 14.5 Å². The smallest absolute Gasteiger partial charge is 0.246 e. The highest BCUT2D eigenvalue weighted by atomic mass is 32.2. The molecule has 0 unspecified atom stereocenters. The average molecular weight is 357 g/mol. The highest BCUT2D eigenvalue weighted by Crippen LogP contribution is 2.16. The fourth-order valence-corrected chi connectivity index (χ4v) is 2.73. The van der Waals surface area contributed by atoms with Crippen molar-refractivity contribution in [3.63, 3.8) is 0 Å². The van der Waals surface area contributed by atoms with Crippen LogP contribution in [0.3, 0.4) is 0 Å². The molecule has 1 aromatic heterocycles. The van der Waals surface area contributed by atoms with Gasteiger partial charge in [0.2, 0.25) is 15.9 Å². The Bertz CT molecular complexity index is 713. The summed E-state index contributed by atoms with van der Waals surface area (Å²) in [5.41, 5.74) is 0.762. The first-order valence-electron chi connectivity index (χ1n) is 7.63. The first-order chi connectivity index (χ1) is 11.3. The molecule has 10 nitrogen and oxygen atoms in total. The van der Waals surface area contributed by atoms with Crippen LogP contribution in [0.4, 0.5) is 5.69 Å². The van der Waals surface area contributed by atoms with Gasteiger partial charge < -0.3 is 15.1 Å². The quantitative estimate of drug-likeness (QED) is 0.479. The second-order valence-electron chi connectivity index (χ2n) is 5.44. The van der Waals surface area contributed by atoms with Crippen LogP contribution in [0.25, 0.3) is 0 Å². The van der Waals surface area contributed by atoms with Crippen molar-refractivity contribution in [2.45, 2.75) is 6.92 Å². The van der Waals surface area contributed by atoms with Crippen molar-refractivity contribution in [3.05, 3.63) is 12.4 Å². The number of carbonyl (C=O) groups is 1. The Morgan fingerprint density at radius 3 is 2.75 bits per heavy atom. The van der Waals surface area contributed by atoms with Gasteiger partial charge in [0, 0.05) is 32.9 Å². The number of rotatable bonds is 5. The summed E-state index contributed by atoms with van der Waals surface area (Å²) in [5.74, 6) is 0.220. The van der Waals surface area contributed by atoms with Crippen LogP contribution < -0.4 is 15.4 Å². The maximum Gasteiger partial charge on any atom is 0.246 e. The van der Waals surface area contributed by atoms with E-state index in [4.69, 9.17) is 5.14 Å². The number of anilines is 1. The monoisotopic (exact) mass is 357 g/mol. The molecule has 0 atom stereocenters. The number of aromatic nitrogens is 2. The minimum atomic E-state index is -3.56. The number of carbonyl (C=O) groups excluding carboxylic acids is 1. The minimum absolute atomic E-state index is 0.0537. The van der Waals surface area contributed by atoms with Gasteiger partial charge in [0.1, 0.15) is 6.54 Å². The number of aryl methyl sites for hydroxylation is 1. The predicted octanol–water partition coefficient (Wildman–Crippen LogP) is -1.68. The number of guanidine groups is 1. The zero-order valence-electron chi connectivity index (χ0n) is 13.8. The normalized spacial score (nSPS) is 16.6. The fraction of sp³-hybridized carbons (Fsp3) is 0.615. The molecule has 0 aliphatic carbocycles. The lowest BCUT2D eigenvalue weighted by atomic mass is 10.3. The van der Waals surface area contributed by atoms with Gasteiger partial charge in [-0.15, -0.1) is 0 Å². The summed E-state index contributed by atoms with van der Waals surface area (Å²) in [6.45, 7) is 3.83. The molecule has 134 valence electrons. The molecule has 1 aliphatic rings. The van der Waals surface area contributed by atoms with Crippen molar-refractivity contribution in [2.75, 3.05) is 43.4 Å². The number of hydrogen-bond acceptors (Lipinski definition) is 5. The number of nitrogens with two attached hydrogens (primary N) is 1. The van der Waals surface area contributed by atoms with E-state index < -0.39 is 10.0 Å². The first kappa shape index (κ1) is 18.2. The Balaban J connectivity index is 2.03. The van der Waals surface area contributed by atoms with Crippen molar-refractivity contribution in [1.82, 2.24) is 20.0 Å². The van der Waals surface area contributed by atoms with E-state index in [-0.39, 0.29) is 24.7 Å². The Labute approximate surface area is 141 Å². The van der Waals surface area contributed by atoms with Crippen LogP contribution in [-0.4, -0.2) is 73.4 Å². The van der Waals surface area contributed by atoms with Crippen LogP contribution in [0, 0.1) is 0 Å². The molecular weight excluding hydrogens is 334 g/mol. The molecule has 1 fully saturated rings. The van der Waals surface area contributed by atoms with Crippen molar-refractivity contribution in [1.29, 1.82) is 0 Å². The summed E-state index contributed by atoms with van der Waals surface area (Å²) in [6.07, 6.45) is 3.44. The molecule has 11 heteroatoms. The van der Waals surface area contributed by atoms with E-state index in [2.05, 4.69) is 15.4 Å². The molecule has 1 saturated heterocycles. The van der Waals surface area contributed by atoms with Crippen LogP contribution in [0.5, 0.6) is 0 Å². The summed E-state index contributed by atoms with van der Waals surface area (Å²) in [5, 5.41) is 12.1. The lowest BCUT2D eigenvalue weighted by Crippen LogP contribution is -2.55. The lowest BCUT2D eigenvalue weighted by Gasteiger charge is -2.35. The predicted molar refractivity (Wildman–Crippen MR) is 91.1 cm³/mol. The number of sulfonamides is 1. The van der Waals surface area contributed by atoms with E-state index in [9.17, 15) is 13.2 Å². The van der Waals surface area contributed by atoms with Gasteiger partial charge in [0.05, 0.1) is 24.2 Å². The molecule has 3 N–H and O–H groups in total. The molecule has 2 heterocycles. The van der Waals surface area contributed by atoms with E-state index in [0.717, 1.165) is 5.69 Å². The van der Waals surface area contributed by atoms with Gasteiger partial charge in [0.15, 0.2) is 5.96 Å². The summed E-state index contributed by atoms with van der Waals surface area (Å²) in [6, 6.07) is 0. The van der Waals surface area contributed by atoms with Gasteiger partial charge >= 0.3 is 0 Å². The maximum atomic E-state index is 12.4.